The smallest absolute Gasteiger partial charge is 0.254 e. The lowest BCUT2D eigenvalue weighted by molar-refractivity contribution is -0.127. The molecule has 0 bridgehead atoms. The van der Waals surface area contributed by atoms with Crippen LogP contribution in [0.4, 0.5) is 0 Å². The van der Waals surface area contributed by atoms with E-state index in [9.17, 15) is 9.59 Å². The fourth-order valence-electron chi connectivity index (χ4n) is 5.25. The van der Waals surface area contributed by atoms with Crippen molar-refractivity contribution in [2.45, 2.75) is 56.6 Å². The van der Waals surface area contributed by atoms with E-state index in [0.29, 0.717) is 23.9 Å². The molecule has 32 heavy (non-hydrogen) atoms. The van der Waals surface area contributed by atoms with Gasteiger partial charge in [0.1, 0.15) is 0 Å². The van der Waals surface area contributed by atoms with Gasteiger partial charge in [0.25, 0.3) is 5.91 Å². The largest absolute Gasteiger partial charge is 0.373 e. The number of amides is 2. The average Bonchev–Trinajstić information content (AvgIpc) is 3.32. The summed E-state index contributed by atoms with van der Waals surface area (Å²) in [5, 5.41) is 0. The Kier molecular flexibility index (Phi) is 8.13. The molecule has 0 spiro atoms. The Morgan fingerprint density at radius 2 is 1.62 bits per heavy atom. The molecule has 3 saturated heterocycles. The van der Waals surface area contributed by atoms with Crippen LogP contribution in [0.3, 0.4) is 0 Å². The molecule has 0 radical (unpaired) electrons. The van der Waals surface area contributed by atoms with Crippen LogP contribution in [0, 0.1) is 5.92 Å². The van der Waals surface area contributed by atoms with E-state index in [1.54, 1.807) is 0 Å². The highest BCUT2D eigenvalue weighted by Crippen LogP contribution is 2.27. The first-order chi connectivity index (χ1) is 15.5. The van der Waals surface area contributed by atoms with Crippen molar-refractivity contribution in [2.75, 3.05) is 51.6 Å². The Hall–Kier alpha value is -1.57. The van der Waals surface area contributed by atoms with Crippen LogP contribution < -0.4 is 0 Å². The first-order valence-corrected chi connectivity index (χ1v) is 13.1. The summed E-state index contributed by atoms with van der Waals surface area (Å²) in [5.74, 6) is 1.33. The molecule has 4 rings (SSSR count). The van der Waals surface area contributed by atoms with Gasteiger partial charge in [0.15, 0.2) is 0 Å². The molecule has 2 atom stereocenters. The van der Waals surface area contributed by atoms with Gasteiger partial charge in [0.05, 0.1) is 23.5 Å². The van der Waals surface area contributed by atoms with E-state index < -0.39 is 0 Å². The second-order valence-corrected chi connectivity index (χ2v) is 10.6. The van der Waals surface area contributed by atoms with Crippen molar-refractivity contribution in [3.8, 4) is 0 Å². The maximum atomic E-state index is 13.3. The monoisotopic (exact) mass is 459 g/mol. The summed E-state index contributed by atoms with van der Waals surface area (Å²) in [6.45, 7) is 10.8. The van der Waals surface area contributed by atoms with Crippen LogP contribution in [-0.4, -0.2) is 90.3 Å². The first kappa shape index (κ1) is 23.6. The Balaban J connectivity index is 1.29. The van der Waals surface area contributed by atoms with Crippen LogP contribution in [0.25, 0.3) is 0 Å². The Morgan fingerprint density at radius 1 is 0.969 bits per heavy atom. The van der Waals surface area contributed by atoms with Crippen molar-refractivity contribution in [3.05, 3.63) is 29.8 Å². The fraction of sp³-hybridized carbons (Fsp3) is 0.680. The summed E-state index contributed by atoms with van der Waals surface area (Å²) in [4.78, 5) is 33.1. The van der Waals surface area contributed by atoms with E-state index in [1.165, 1.54) is 11.8 Å². The molecule has 2 unspecified atom stereocenters. The summed E-state index contributed by atoms with van der Waals surface area (Å²) >= 11 is 1.50. The van der Waals surface area contributed by atoms with Gasteiger partial charge in [-0.25, -0.2) is 0 Å². The van der Waals surface area contributed by atoms with Gasteiger partial charge in [0, 0.05) is 50.7 Å². The SMILES string of the molecule is CC1CN(CC2CCN(C(=O)c3ccccc3SCC(=O)N3CCCC3)CC2)CC(C)O1. The zero-order chi connectivity index (χ0) is 22.5. The lowest BCUT2D eigenvalue weighted by atomic mass is 9.95. The summed E-state index contributed by atoms with van der Waals surface area (Å²) in [7, 11) is 0. The van der Waals surface area contributed by atoms with Crippen LogP contribution in [-0.2, 0) is 9.53 Å². The third kappa shape index (κ3) is 6.06. The highest BCUT2D eigenvalue weighted by molar-refractivity contribution is 8.00. The third-order valence-corrected chi connectivity index (χ3v) is 7.90. The van der Waals surface area contributed by atoms with Gasteiger partial charge >= 0.3 is 0 Å². The number of piperidine rings is 1. The molecule has 1 aromatic rings. The number of benzene rings is 1. The molecule has 1 aromatic carbocycles. The Morgan fingerprint density at radius 3 is 2.31 bits per heavy atom. The summed E-state index contributed by atoms with van der Waals surface area (Å²) in [6, 6.07) is 7.76. The van der Waals surface area contributed by atoms with Gasteiger partial charge in [-0.2, -0.15) is 0 Å². The number of morpholine rings is 1. The van der Waals surface area contributed by atoms with Crippen LogP contribution in [0.2, 0.25) is 0 Å². The maximum absolute atomic E-state index is 13.3. The molecule has 0 N–H and O–H groups in total. The van der Waals surface area contributed by atoms with Crippen molar-refractivity contribution < 1.29 is 14.3 Å². The van der Waals surface area contributed by atoms with Crippen LogP contribution >= 0.6 is 11.8 Å². The number of nitrogens with zero attached hydrogens (tertiary/aromatic N) is 3. The molecular weight excluding hydrogens is 422 g/mol. The molecule has 3 heterocycles. The quantitative estimate of drug-likeness (QED) is 0.611. The number of thioether (sulfide) groups is 1. The maximum Gasteiger partial charge on any atom is 0.254 e. The minimum Gasteiger partial charge on any atom is -0.373 e. The van der Waals surface area contributed by atoms with E-state index in [4.69, 9.17) is 4.74 Å². The predicted octanol–water partition coefficient (Wildman–Crippen LogP) is 3.36. The van der Waals surface area contributed by atoms with Gasteiger partial charge in [-0.3, -0.25) is 14.5 Å². The molecule has 0 saturated carbocycles. The van der Waals surface area contributed by atoms with Gasteiger partial charge < -0.3 is 14.5 Å². The van der Waals surface area contributed by atoms with Crippen LogP contribution in [0.5, 0.6) is 0 Å². The van der Waals surface area contributed by atoms with E-state index >= 15 is 0 Å². The van der Waals surface area contributed by atoms with E-state index in [1.807, 2.05) is 34.1 Å². The molecule has 7 heteroatoms. The molecule has 6 nitrogen and oxygen atoms in total. The third-order valence-electron chi connectivity index (χ3n) is 6.84. The number of hydrogen-bond acceptors (Lipinski definition) is 5. The van der Waals surface area contributed by atoms with Gasteiger partial charge in [0.2, 0.25) is 5.91 Å². The average molecular weight is 460 g/mol. The first-order valence-electron chi connectivity index (χ1n) is 12.2. The second-order valence-electron chi connectivity index (χ2n) is 9.58. The topological polar surface area (TPSA) is 53.1 Å². The number of carbonyl (C=O) groups excluding carboxylic acids is 2. The lowest BCUT2D eigenvalue weighted by Gasteiger charge is -2.39. The highest BCUT2D eigenvalue weighted by Gasteiger charge is 2.29. The van der Waals surface area contributed by atoms with Crippen molar-refractivity contribution in [3.63, 3.8) is 0 Å². The molecule has 176 valence electrons. The van der Waals surface area contributed by atoms with E-state index in [0.717, 1.165) is 82.0 Å². The number of rotatable bonds is 6. The normalized spacial score (nSPS) is 25.3. The lowest BCUT2D eigenvalue weighted by Crippen LogP contribution is -2.48. The number of ether oxygens (including phenoxy) is 1. The number of hydrogen-bond donors (Lipinski definition) is 0. The van der Waals surface area contributed by atoms with Crippen molar-refractivity contribution >= 4 is 23.6 Å². The molecule has 0 aliphatic carbocycles. The van der Waals surface area contributed by atoms with Gasteiger partial charge in [-0.1, -0.05) is 12.1 Å². The summed E-state index contributed by atoms with van der Waals surface area (Å²) in [6.07, 6.45) is 4.90. The van der Waals surface area contributed by atoms with Gasteiger partial charge in [-0.15, -0.1) is 11.8 Å². The molecule has 2 amide bonds. The summed E-state index contributed by atoms with van der Waals surface area (Å²) < 4.78 is 5.86. The molecule has 3 aliphatic heterocycles. The van der Waals surface area contributed by atoms with Crippen molar-refractivity contribution in [1.82, 2.24) is 14.7 Å². The minimum atomic E-state index is 0.105. The molecular formula is C25H37N3O3S. The van der Waals surface area contributed by atoms with Crippen LogP contribution in [0.15, 0.2) is 29.2 Å². The van der Waals surface area contributed by atoms with Crippen molar-refractivity contribution in [1.29, 1.82) is 0 Å². The van der Waals surface area contributed by atoms with E-state index in [2.05, 4.69) is 18.7 Å². The Labute approximate surface area is 196 Å². The zero-order valence-corrected chi connectivity index (χ0v) is 20.3. The second kappa shape index (κ2) is 11.0. The highest BCUT2D eigenvalue weighted by atomic mass is 32.2. The minimum absolute atomic E-state index is 0.105. The molecule has 3 aliphatic rings. The number of likely N-dealkylation sites (tertiary alicyclic amines) is 2. The fourth-order valence-corrected chi connectivity index (χ4v) is 6.20. The summed E-state index contributed by atoms with van der Waals surface area (Å²) in [5.41, 5.74) is 0.737. The zero-order valence-electron chi connectivity index (χ0n) is 19.5. The predicted molar refractivity (Wildman–Crippen MR) is 128 cm³/mol. The van der Waals surface area contributed by atoms with Crippen LogP contribution in [0.1, 0.15) is 49.9 Å². The van der Waals surface area contributed by atoms with Gasteiger partial charge in [-0.05, 0) is 57.6 Å². The van der Waals surface area contributed by atoms with Crippen molar-refractivity contribution in [2.24, 2.45) is 5.92 Å². The van der Waals surface area contributed by atoms with E-state index in [-0.39, 0.29) is 11.8 Å². The molecule has 3 fully saturated rings. The molecule has 0 aromatic heterocycles. The number of carbonyl (C=O) groups is 2. The Bertz CT molecular complexity index is 780. The standard InChI is InChI=1S/C25H37N3O3S/c1-19-15-26(16-20(2)31-19)17-21-9-13-28(14-10-21)25(30)22-7-3-4-8-23(22)32-18-24(29)27-11-5-6-12-27/h3-4,7-8,19-21H,5-6,9-18H2,1-2H3.